The summed E-state index contributed by atoms with van der Waals surface area (Å²) in [6, 6.07) is 0.405. The maximum Gasteiger partial charge on any atom is 0.220 e. The molecule has 2 rings (SSSR count). The molecule has 1 amide bonds. The van der Waals surface area contributed by atoms with Gasteiger partial charge in [0.05, 0.1) is 0 Å². The molecular weight excluding hydrogens is 230 g/mol. The lowest BCUT2D eigenvalue weighted by Crippen LogP contribution is -2.44. The topological polar surface area (TPSA) is 29.1 Å². The summed E-state index contributed by atoms with van der Waals surface area (Å²) in [6.45, 7) is 4.58. The van der Waals surface area contributed by atoms with Crippen LogP contribution < -0.4 is 5.32 Å². The third-order valence-electron chi connectivity index (χ3n) is 4.88. The van der Waals surface area contributed by atoms with Crippen molar-refractivity contribution in [1.82, 2.24) is 5.32 Å². The summed E-state index contributed by atoms with van der Waals surface area (Å²) in [4.78, 5) is 12.0. The largest absolute Gasteiger partial charge is 0.353 e. The Morgan fingerprint density at radius 2 is 2.06 bits per heavy atom. The lowest BCUT2D eigenvalue weighted by atomic mass is 9.78. The van der Waals surface area contributed by atoms with Crippen LogP contribution in [0.15, 0.2) is 0 Å². The van der Waals surface area contributed by atoms with Gasteiger partial charge in [-0.25, -0.2) is 0 Å². The zero-order chi connectivity index (χ0) is 12.5. The van der Waals surface area contributed by atoms with Gasteiger partial charge in [-0.15, -0.1) is 0 Å². The highest BCUT2D eigenvalue weighted by atomic mass is 32.1. The van der Waals surface area contributed by atoms with E-state index in [0.29, 0.717) is 18.4 Å². The van der Waals surface area contributed by atoms with Crippen molar-refractivity contribution in [1.29, 1.82) is 0 Å². The molecule has 0 aromatic rings. The van der Waals surface area contributed by atoms with Gasteiger partial charge in [0.25, 0.3) is 0 Å². The van der Waals surface area contributed by atoms with Gasteiger partial charge in [-0.05, 0) is 42.3 Å². The summed E-state index contributed by atoms with van der Waals surface area (Å²) < 4.78 is 0. The van der Waals surface area contributed by atoms with Gasteiger partial charge in [0.2, 0.25) is 5.91 Å². The monoisotopic (exact) mass is 255 g/mol. The van der Waals surface area contributed by atoms with Crippen LogP contribution >= 0.6 is 12.6 Å². The van der Waals surface area contributed by atoms with Gasteiger partial charge in [0, 0.05) is 12.5 Å². The number of hydrogen-bond donors (Lipinski definition) is 2. The van der Waals surface area contributed by atoms with E-state index in [4.69, 9.17) is 0 Å². The SMILES string of the molecule is CC1CCCC(NC(=O)CC2(CS)CC2)C1C. The van der Waals surface area contributed by atoms with Crippen LogP contribution in [-0.2, 0) is 4.79 Å². The molecule has 2 aliphatic rings. The van der Waals surface area contributed by atoms with Gasteiger partial charge in [-0.2, -0.15) is 12.6 Å². The molecule has 2 aliphatic carbocycles. The van der Waals surface area contributed by atoms with E-state index in [2.05, 4.69) is 31.8 Å². The van der Waals surface area contributed by atoms with Crippen molar-refractivity contribution in [3.63, 3.8) is 0 Å². The number of nitrogens with one attached hydrogen (secondary N) is 1. The molecule has 0 aromatic carbocycles. The summed E-state index contributed by atoms with van der Waals surface area (Å²) >= 11 is 4.36. The van der Waals surface area contributed by atoms with Gasteiger partial charge in [-0.3, -0.25) is 4.79 Å². The smallest absolute Gasteiger partial charge is 0.220 e. The first-order valence-electron chi connectivity index (χ1n) is 6.96. The minimum Gasteiger partial charge on any atom is -0.353 e. The van der Waals surface area contributed by atoms with Crippen LogP contribution in [0.5, 0.6) is 0 Å². The third-order valence-corrected chi connectivity index (χ3v) is 5.55. The Morgan fingerprint density at radius 1 is 1.35 bits per heavy atom. The zero-order valence-corrected chi connectivity index (χ0v) is 11.9. The van der Waals surface area contributed by atoms with E-state index in [1.165, 1.54) is 25.7 Å². The van der Waals surface area contributed by atoms with Crippen molar-refractivity contribution < 1.29 is 4.79 Å². The molecule has 0 aromatic heterocycles. The summed E-state index contributed by atoms with van der Waals surface area (Å²) in [5.74, 6) is 2.48. The van der Waals surface area contributed by atoms with Crippen LogP contribution in [0.4, 0.5) is 0 Å². The molecule has 2 nitrogen and oxygen atoms in total. The molecule has 3 heteroatoms. The second-order valence-electron chi connectivity index (χ2n) is 6.28. The minimum atomic E-state index is 0.247. The van der Waals surface area contributed by atoms with Crippen molar-refractivity contribution in [2.45, 2.75) is 58.4 Å². The second-order valence-corrected chi connectivity index (χ2v) is 6.59. The van der Waals surface area contributed by atoms with Crippen molar-refractivity contribution in [3.05, 3.63) is 0 Å². The highest BCUT2D eigenvalue weighted by Gasteiger charge is 2.43. The third kappa shape index (κ3) is 3.18. The minimum absolute atomic E-state index is 0.247. The molecule has 1 N–H and O–H groups in total. The van der Waals surface area contributed by atoms with E-state index in [-0.39, 0.29) is 11.3 Å². The quantitative estimate of drug-likeness (QED) is 0.743. The van der Waals surface area contributed by atoms with Gasteiger partial charge < -0.3 is 5.32 Å². The molecule has 0 aliphatic heterocycles. The fourth-order valence-corrected chi connectivity index (χ4v) is 3.38. The van der Waals surface area contributed by atoms with Crippen molar-refractivity contribution in [2.24, 2.45) is 17.3 Å². The highest BCUT2D eigenvalue weighted by molar-refractivity contribution is 7.80. The number of thiol groups is 1. The predicted molar refractivity (Wildman–Crippen MR) is 74.2 cm³/mol. The standard InChI is InChI=1S/C14H25NOS/c1-10-4-3-5-12(11(10)2)15-13(16)8-14(9-17)6-7-14/h10-12,17H,3-9H2,1-2H3,(H,15,16). The van der Waals surface area contributed by atoms with Gasteiger partial charge in [0.1, 0.15) is 0 Å². The number of hydrogen-bond acceptors (Lipinski definition) is 2. The molecule has 0 spiro atoms. The molecule has 3 unspecified atom stereocenters. The summed E-state index contributed by atoms with van der Waals surface area (Å²) in [5.41, 5.74) is 0.247. The average molecular weight is 255 g/mol. The maximum absolute atomic E-state index is 12.0. The van der Waals surface area contributed by atoms with Gasteiger partial charge in [0.15, 0.2) is 0 Å². The Balaban J connectivity index is 1.81. The van der Waals surface area contributed by atoms with Crippen LogP contribution in [0.2, 0.25) is 0 Å². The first-order valence-corrected chi connectivity index (χ1v) is 7.60. The number of amides is 1. The molecule has 17 heavy (non-hydrogen) atoms. The Labute approximate surface area is 110 Å². The van der Waals surface area contributed by atoms with E-state index in [1.807, 2.05) is 0 Å². The normalized spacial score (nSPS) is 35.4. The predicted octanol–water partition coefficient (Wildman–Crippen LogP) is 3.03. The summed E-state index contributed by atoms with van der Waals surface area (Å²) in [5, 5.41) is 3.26. The molecule has 2 saturated carbocycles. The van der Waals surface area contributed by atoms with Crippen molar-refractivity contribution >= 4 is 18.5 Å². The zero-order valence-electron chi connectivity index (χ0n) is 11.0. The molecule has 0 saturated heterocycles. The fourth-order valence-electron chi connectivity index (χ4n) is 2.95. The Hall–Kier alpha value is -0.180. The molecule has 3 atom stereocenters. The summed E-state index contributed by atoms with van der Waals surface area (Å²) in [6.07, 6.45) is 6.78. The molecule has 0 heterocycles. The lowest BCUT2D eigenvalue weighted by molar-refractivity contribution is -0.123. The number of carbonyl (C=O) groups excluding carboxylic acids is 1. The molecule has 0 radical (unpaired) electrons. The first-order chi connectivity index (χ1) is 8.06. The lowest BCUT2D eigenvalue weighted by Gasteiger charge is -2.34. The van der Waals surface area contributed by atoms with E-state index in [0.717, 1.165) is 18.1 Å². The molecule has 0 bridgehead atoms. The maximum atomic E-state index is 12.0. The van der Waals surface area contributed by atoms with Crippen LogP contribution in [0.3, 0.4) is 0 Å². The molecular formula is C14H25NOS. The highest BCUT2D eigenvalue weighted by Crippen LogP contribution is 2.49. The number of carbonyl (C=O) groups is 1. The van der Waals surface area contributed by atoms with Gasteiger partial charge >= 0.3 is 0 Å². The van der Waals surface area contributed by atoms with E-state index in [1.54, 1.807) is 0 Å². The average Bonchev–Trinajstić information content (AvgIpc) is 3.05. The van der Waals surface area contributed by atoms with Crippen LogP contribution in [0.1, 0.15) is 52.4 Å². The van der Waals surface area contributed by atoms with E-state index < -0.39 is 0 Å². The Bertz CT molecular complexity index is 288. The van der Waals surface area contributed by atoms with Gasteiger partial charge in [-0.1, -0.05) is 26.7 Å². The van der Waals surface area contributed by atoms with Crippen LogP contribution in [0.25, 0.3) is 0 Å². The van der Waals surface area contributed by atoms with Crippen LogP contribution in [-0.4, -0.2) is 17.7 Å². The summed E-state index contributed by atoms with van der Waals surface area (Å²) in [7, 11) is 0. The van der Waals surface area contributed by atoms with E-state index in [9.17, 15) is 4.79 Å². The molecule has 98 valence electrons. The van der Waals surface area contributed by atoms with E-state index >= 15 is 0 Å². The van der Waals surface area contributed by atoms with Crippen molar-refractivity contribution in [2.75, 3.05) is 5.75 Å². The fraction of sp³-hybridized carbons (Fsp3) is 0.929. The second kappa shape index (κ2) is 5.21. The van der Waals surface area contributed by atoms with Crippen molar-refractivity contribution in [3.8, 4) is 0 Å². The molecule has 2 fully saturated rings. The Kier molecular flexibility index (Phi) is 4.06. The Morgan fingerprint density at radius 3 is 2.65 bits per heavy atom. The van der Waals surface area contributed by atoms with Crippen LogP contribution in [0, 0.1) is 17.3 Å². The number of rotatable bonds is 4. The first kappa shape index (κ1) is 13.3.